The highest BCUT2D eigenvalue weighted by Gasteiger charge is 2.11. The minimum atomic E-state index is 0.679. The number of benzene rings is 2. The molecule has 3 aromatic rings. The van der Waals surface area contributed by atoms with E-state index in [0.29, 0.717) is 5.02 Å². The van der Waals surface area contributed by atoms with E-state index in [1.165, 1.54) is 18.5 Å². The lowest BCUT2D eigenvalue weighted by molar-refractivity contribution is 0.949. The quantitative estimate of drug-likeness (QED) is 0.535. The Morgan fingerprint density at radius 2 is 1.84 bits per heavy atom. The second kappa shape index (κ2) is 7.11. The van der Waals surface area contributed by atoms with Crippen LogP contribution in [0.2, 0.25) is 5.02 Å². The van der Waals surface area contributed by atoms with Gasteiger partial charge in [0, 0.05) is 35.4 Å². The van der Waals surface area contributed by atoms with Gasteiger partial charge in [-0.05, 0) is 54.8 Å². The Balaban J connectivity index is 1.47. The number of halogens is 1. The molecule has 1 aromatic heterocycles. The van der Waals surface area contributed by atoms with Crippen LogP contribution in [-0.2, 0) is 0 Å². The van der Waals surface area contributed by atoms with Crippen LogP contribution in [0.1, 0.15) is 18.4 Å². The van der Waals surface area contributed by atoms with Gasteiger partial charge in [0.2, 0.25) is 0 Å². The SMILES string of the molecule is Clc1ccc2c(NN=Cc3ccc(N4CCCC4)cc3)ccnc2c1. The molecule has 0 radical (unpaired) electrons. The second-order valence-corrected chi connectivity index (χ2v) is 6.61. The molecule has 1 aliphatic heterocycles. The first-order valence-corrected chi connectivity index (χ1v) is 8.86. The minimum absolute atomic E-state index is 0.679. The Morgan fingerprint density at radius 1 is 1.04 bits per heavy atom. The molecule has 0 aliphatic carbocycles. The summed E-state index contributed by atoms with van der Waals surface area (Å²) in [4.78, 5) is 6.76. The van der Waals surface area contributed by atoms with Gasteiger partial charge in [0.25, 0.3) is 0 Å². The van der Waals surface area contributed by atoms with Crippen molar-refractivity contribution in [2.45, 2.75) is 12.8 Å². The van der Waals surface area contributed by atoms with E-state index in [4.69, 9.17) is 11.6 Å². The van der Waals surface area contributed by atoms with Crippen LogP contribution >= 0.6 is 11.6 Å². The van der Waals surface area contributed by atoms with E-state index < -0.39 is 0 Å². The lowest BCUT2D eigenvalue weighted by Crippen LogP contribution is -2.17. The molecule has 0 bridgehead atoms. The molecule has 0 atom stereocenters. The van der Waals surface area contributed by atoms with Crippen molar-refractivity contribution in [1.82, 2.24) is 4.98 Å². The summed E-state index contributed by atoms with van der Waals surface area (Å²) in [5, 5.41) is 6.04. The monoisotopic (exact) mass is 350 g/mol. The number of rotatable bonds is 4. The summed E-state index contributed by atoms with van der Waals surface area (Å²) < 4.78 is 0. The number of fused-ring (bicyclic) bond motifs is 1. The first-order chi connectivity index (χ1) is 12.3. The largest absolute Gasteiger partial charge is 0.372 e. The van der Waals surface area contributed by atoms with E-state index >= 15 is 0 Å². The average molecular weight is 351 g/mol. The molecule has 1 fully saturated rings. The molecule has 25 heavy (non-hydrogen) atoms. The van der Waals surface area contributed by atoms with Crippen LogP contribution in [0.5, 0.6) is 0 Å². The van der Waals surface area contributed by atoms with Crippen molar-refractivity contribution in [3.05, 3.63) is 65.3 Å². The number of aromatic nitrogens is 1. The Kier molecular flexibility index (Phi) is 4.53. The van der Waals surface area contributed by atoms with Crippen LogP contribution in [-0.4, -0.2) is 24.3 Å². The number of pyridine rings is 1. The van der Waals surface area contributed by atoms with Crippen molar-refractivity contribution >= 4 is 40.1 Å². The highest BCUT2D eigenvalue weighted by molar-refractivity contribution is 6.31. The van der Waals surface area contributed by atoms with Gasteiger partial charge in [-0.2, -0.15) is 5.10 Å². The highest BCUT2D eigenvalue weighted by atomic mass is 35.5. The Morgan fingerprint density at radius 3 is 2.64 bits per heavy atom. The Hall–Kier alpha value is -2.59. The molecule has 126 valence electrons. The molecular formula is C20H19ClN4. The van der Waals surface area contributed by atoms with E-state index in [-0.39, 0.29) is 0 Å². The van der Waals surface area contributed by atoms with Gasteiger partial charge in [-0.3, -0.25) is 10.4 Å². The van der Waals surface area contributed by atoms with E-state index in [1.807, 2.05) is 30.5 Å². The van der Waals surface area contributed by atoms with Gasteiger partial charge in [-0.25, -0.2) is 0 Å². The van der Waals surface area contributed by atoms with Gasteiger partial charge in [0.05, 0.1) is 17.4 Å². The third-order valence-electron chi connectivity index (χ3n) is 4.47. The van der Waals surface area contributed by atoms with Crippen LogP contribution in [0.25, 0.3) is 10.9 Å². The lowest BCUT2D eigenvalue weighted by Gasteiger charge is -2.17. The predicted octanol–water partition coefficient (Wildman–Crippen LogP) is 4.93. The van der Waals surface area contributed by atoms with Crippen molar-refractivity contribution in [3.8, 4) is 0 Å². The van der Waals surface area contributed by atoms with Crippen LogP contribution in [0.15, 0.2) is 59.8 Å². The third-order valence-corrected chi connectivity index (χ3v) is 4.70. The maximum Gasteiger partial charge on any atom is 0.0738 e. The maximum atomic E-state index is 6.02. The number of nitrogens with zero attached hydrogens (tertiary/aromatic N) is 3. The summed E-state index contributed by atoms with van der Waals surface area (Å²) in [5.74, 6) is 0. The zero-order valence-corrected chi connectivity index (χ0v) is 14.6. The van der Waals surface area contributed by atoms with Crippen molar-refractivity contribution in [1.29, 1.82) is 0 Å². The van der Waals surface area contributed by atoms with Crippen LogP contribution < -0.4 is 10.3 Å². The average Bonchev–Trinajstić information content (AvgIpc) is 3.17. The molecule has 0 amide bonds. The number of hydrazone groups is 1. The Bertz CT molecular complexity index is 899. The summed E-state index contributed by atoms with van der Waals surface area (Å²) in [6.45, 7) is 2.32. The highest BCUT2D eigenvalue weighted by Crippen LogP contribution is 2.24. The summed E-state index contributed by atoms with van der Waals surface area (Å²) >= 11 is 6.02. The zero-order valence-electron chi connectivity index (χ0n) is 13.8. The summed E-state index contributed by atoms with van der Waals surface area (Å²) in [6.07, 6.45) is 6.16. The molecule has 2 aromatic carbocycles. The van der Waals surface area contributed by atoms with Crippen LogP contribution in [0, 0.1) is 0 Å². The van der Waals surface area contributed by atoms with E-state index in [1.54, 1.807) is 6.20 Å². The first-order valence-electron chi connectivity index (χ1n) is 8.48. The normalized spacial score (nSPS) is 14.5. The maximum absolute atomic E-state index is 6.02. The molecule has 4 rings (SSSR count). The molecule has 4 nitrogen and oxygen atoms in total. The van der Waals surface area contributed by atoms with Crippen molar-refractivity contribution in [3.63, 3.8) is 0 Å². The summed E-state index contributed by atoms with van der Waals surface area (Å²) in [6, 6.07) is 16.1. The van der Waals surface area contributed by atoms with E-state index in [9.17, 15) is 0 Å². The van der Waals surface area contributed by atoms with Gasteiger partial charge in [0.1, 0.15) is 0 Å². The molecule has 1 N–H and O–H groups in total. The Labute approximate surface area is 152 Å². The van der Waals surface area contributed by atoms with Crippen LogP contribution in [0.3, 0.4) is 0 Å². The van der Waals surface area contributed by atoms with Gasteiger partial charge in [0.15, 0.2) is 0 Å². The standard InChI is InChI=1S/C20H19ClN4/c21-16-5-8-18-19(9-10-22-20(18)13-16)24-23-14-15-3-6-17(7-4-15)25-11-1-2-12-25/h3-10,13-14H,1-2,11-12H2,(H,22,24). The second-order valence-electron chi connectivity index (χ2n) is 6.18. The van der Waals surface area contributed by atoms with Gasteiger partial charge >= 0.3 is 0 Å². The van der Waals surface area contributed by atoms with Crippen molar-refractivity contribution in [2.75, 3.05) is 23.4 Å². The number of anilines is 2. The molecule has 0 spiro atoms. The molecule has 1 saturated heterocycles. The van der Waals surface area contributed by atoms with Crippen LogP contribution in [0.4, 0.5) is 11.4 Å². The molecule has 0 unspecified atom stereocenters. The zero-order chi connectivity index (χ0) is 17.1. The number of hydrogen-bond donors (Lipinski definition) is 1. The number of nitrogens with one attached hydrogen (secondary N) is 1. The first kappa shape index (κ1) is 15.9. The van der Waals surface area contributed by atoms with Crippen molar-refractivity contribution in [2.24, 2.45) is 5.10 Å². The summed E-state index contributed by atoms with van der Waals surface area (Å²) in [5.41, 5.74) is 7.22. The fourth-order valence-electron chi connectivity index (χ4n) is 3.14. The van der Waals surface area contributed by atoms with Gasteiger partial charge in [-0.15, -0.1) is 0 Å². The number of hydrogen-bond acceptors (Lipinski definition) is 4. The molecule has 1 aliphatic rings. The van der Waals surface area contributed by atoms with E-state index in [2.05, 4.69) is 44.7 Å². The molecule has 5 heteroatoms. The summed E-state index contributed by atoms with van der Waals surface area (Å²) in [7, 11) is 0. The van der Waals surface area contributed by atoms with Gasteiger partial charge < -0.3 is 4.90 Å². The molecule has 0 saturated carbocycles. The fraction of sp³-hybridized carbons (Fsp3) is 0.200. The van der Waals surface area contributed by atoms with Gasteiger partial charge in [-0.1, -0.05) is 23.7 Å². The molecular weight excluding hydrogens is 332 g/mol. The molecule has 2 heterocycles. The lowest BCUT2D eigenvalue weighted by atomic mass is 10.2. The van der Waals surface area contributed by atoms with E-state index in [0.717, 1.165) is 35.2 Å². The smallest absolute Gasteiger partial charge is 0.0738 e. The third kappa shape index (κ3) is 3.59. The predicted molar refractivity (Wildman–Crippen MR) is 106 cm³/mol. The van der Waals surface area contributed by atoms with Crippen molar-refractivity contribution < 1.29 is 0 Å². The topological polar surface area (TPSA) is 40.5 Å². The fourth-order valence-corrected chi connectivity index (χ4v) is 3.31. The minimum Gasteiger partial charge on any atom is -0.372 e.